The molecule has 40 heavy (non-hydrogen) atoms. The summed E-state index contributed by atoms with van der Waals surface area (Å²) in [7, 11) is 2.22. The Morgan fingerprint density at radius 2 is 1.80 bits per heavy atom. The summed E-state index contributed by atoms with van der Waals surface area (Å²) in [6.07, 6.45) is 7.68. The van der Waals surface area contributed by atoms with Crippen LogP contribution < -0.4 is 0 Å². The highest BCUT2D eigenvalue weighted by atomic mass is 19.3. The monoisotopic (exact) mass is 565 g/mol. The number of carbonyl (C=O) groups excluding carboxylic acids is 1. The highest BCUT2D eigenvalue weighted by Crippen LogP contribution is 2.45. The van der Waals surface area contributed by atoms with Gasteiger partial charge in [0, 0.05) is 55.9 Å². The molecule has 0 spiro atoms. The Morgan fingerprint density at radius 3 is 2.50 bits per heavy atom. The fourth-order valence-corrected chi connectivity index (χ4v) is 7.51. The van der Waals surface area contributed by atoms with E-state index in [9.17, 15) is 9.18 Å². The van der Waals surface area contributed by atoms with Gasteiger partial charge in [0.15, 0.2) is 5.82 Å². The molecular weight excluding hydrogens is 519 g/mol. The second kappa shape index (κ2) is 11.2. The molecular formula is C30H46F3N5O2. The highest BCUT2D eigenvalue weighted by molar-refractivity contribution is 5.76. The van der Waals surface area contributed by atoms with Gasteiger partial charge in [0.1, 0.15) is 6.17 Å². The number of hydrogen-bond acceptors (Lipinski definition) is 6. The van der Waals surface area contributed by atoms with Crippen LogP contribution >= 0.6 is 0 Å². The molecule has 7 nitrogen and oxygen atoms in total. The zero-order chi connectivity index (χ0) is 28.1. The lowest BCUT2D eigenvalue weighted by Crippen LogP contribution is -2.53. The maximum Gasteiger partial charge on any atom is 0.252 e. The summed E-state index contributed by atoms with van der Waals surface area (Å²) in [5.41, 5.74) is -0.369. The maximum atomic E-state index is 15.4. The Hall–Kier alpha value is -1.68. The quantitative estimate of drug-likeness (QED) is 0.434. The van der Waals surface area contributed by atoms with Crippen molar-refractivity contribution in [3.63, 3.8) is 0 Å². The van der Waals surface area contributed by atoms with Crippen molar-refractivity contribution in [3.05, 3.63) is 11.7 Å². The number of alkyl halides is 3. The number of aromatic nitrogens is 2. The molecule has 5 atom stereocenters. The lowest BCUT2D eigenvalue weighted by atomic mass is 9.77. The molecule has 1 aromatic rings. The van der Waals surface area contributed by atoms with Gasteiger partial charge in [-0.1, -0.05) is 12.1 Å². The Morgan fingerprint density at radius 1 is 1.05 bits per heavy atom. The van der Waals surface area contributed by atoms with Crippen molar-refractivity contribution in [1.29, 1.82) is 0 Å². The van der Waals surface area contributed by atoms with E-state index in [1.165, 1.54) is 12.8 Å². The number of rotatable bonds is 8. The first-order valence-electron chi connectivity index (χ1n) is 15.7. The van der Waals surface area contributed by atoms with Crippen LogP contribution in [0.1, 0.15) is 102 Å². The van der Waals surface area contributed by atoms with E-state index in [2.05, 4.69) is 27.0 Å². The predicted octanol–water partition coefficient (Wildman–Crippen LogP) is 5.17. The highest BCUT2D eigenvalue weighted by Gasteiger charge is 2.50. The third-order valence-electron chi connectivity index (χ3n) is 10.7. The second-order valence-electron chi connectivity index (χ2n) is 13.8. The standard InChI is InChI=1S/C30H46F3N5O2/c1-29(28-34-27(40-35-28)22-17-24(22)31)11-15-38(16-12-29)26(39)18-23-25(6-3-10-30(23,32)33)37-13-4-5-21(9-14-37)36(2)19-20-7-8-20/h20-25H,3-19H2,1-2H3/t21-,22+,23+,24-,25-/m0/s1. The van der Waals surface area contributed by atoms with Gasteiger partial charge in [0.05, 0.1) is 5.92 Å². The first-order valence-corrected chi connectivity index (χ1v) is 15.7. The van der Waals surface area contributed by atoms with Crippen molar-refractivity contribution in [1.82, 2.24) is 24.8 Å². The summed E-state index contributed by atoms with van der Waals surface area (Å²) >= 11 is 0. The maximum absolute atomic E-state index is 15.4. The molecule has 3 aliphatic carbocycles. The number of amides is 1. The average Bonchev–Trinajstić information content (AvgIpc) is 3.84. The van der Waals surface area contributed by atoms with Crippen LogP contribution in [0, 0.1) is 11.8 Å². The predicted molar refractivity (Wildman–Crippen MR) is 145 cm³/mol. The Labute approximate surface area is 236 Å². The van der Waals surface area contributed by atoms with E-state index in [4.69, 9.17) is 4.52 Å². The van der Waals surface area contributed by atoms with E-state index >= 15 is 8.78 Å². The van der Waals surface area contributed by atoms with Gasteiger partial charge in [-0.25, -0.2) is 13.2 Å². The second-order valence-corrected chi connectivity index (χ2v) is 13.8. The number of hydrogen-bond donors (Lipinski definition) is 0. The summed E-state index contributed by atoms with van der Waals surface area (Å²) in [6, 6.07) is 0.283. The molecule has 0 N–H and O–H groups in total. The van der Waals surface area contributed by atoms with Crippen LogP contribution in [0.4, 0.5) is 13.2 Å². The number of carbonyl (C=O) groups is 1. The van der Waals surface area contributed by atoms with Crippen LogP contribution in [-0.4, -0.2) is 94.7 Å². The third-order valence-corrected chi connectivity index (χ3v) is 10.7. The van der Waals surface area contributed by atoms with Crippen molar-refractivity contribution in [3.8, 4) is 0 Å². The van der Waals surface area contributed by atoms with E-state index in [1.54, 1.807) is 4.90 Å². The zero-order valence-electron chi connectivity index (χ0n) is 24.2. The normalized spacial score (nSPS) is 34.5. The SMILES string of the molecule is CN(CC1CC1)[C@H]1CCCN([C@H]2CCCC(F)(F)[C@@H]2CC(=O)N2CCC(C)(c3noc([C@@H]4C[C@@H]4F)n3)CC2)CC1. The van der Waals surface area contributed by atoms with Gasteiger partial charge in [0.2, 0.25) is 11.8 Å². The molecule has 1 aromatic heterocycles. The smallest absolute Gasteiger partial charge is 0.252 e. The zero-order valence-corrected chi connectivity index (χ0v) is 24.2. The molecule has 2 saturated heterocycles. The molecule has 5 fully saturated rings. The molecule has 0 unspecified atom stereocenters. The third kappa shape index (κ3) is 6.08. The molecule has 3 saturated carbocycles. The fraction of sp³-hybridized carbons (Fsp3) is 0.900. The summed E-state index contributed by atoms with van der Waals surface area (Å²) < 4.78 is 49.6. The molecule has 10 heteroatoms. The van der Waals surface area contributed by atoms with E-state index in [-0.39, 0.29) is 36.1 Å². The molecule has 2 aliphatic heterocycles. The lowest BCUT2D eigenvalue weighted by molar-refractivity contribution is -0.149. The number of likely N-dealkylation sites (tertiary alicyclic amines) is 2. The van der Waals surface area contributed by atoms with E-state index in [1.807, 2.05) is 6.92 Å². The van der Waals surface area contributed by atoms with Crippen molar-refractivity contribution in [2.75, 3.05) is 39.8 Å². The van der Waals surface area contributed by atoms with Gasteiger partial charge in [-0.15, -0.1) is 0 Å². The van der Waals surface area contributed by atoms with Gasteiger partial charge in [-0.05, 0) is 90.3 Å². The van der Waals surface area contributed by atoms with Crippen LogP contribution in [0.5, 0.6) is 0 Å². The summed E-state index contributed by atoms with van der Waals surface area (Å²) in [4.78, 5) is 24.5. The largest absolute Gasteiger partial charge is 0.343 e. The molecule has 0 radical (unpaired) electrons. The molecule has 5 aliphatic rings. The minimum absolute atomic E-state index is 0.0954. The van der Waals surface area contributed by atoms with E-state index < -0.39 is 18.0 Å². The molecule has 224 valence electrons. The number of nitrogens with zero attached hydrogens (tertiary/aromatic N) is 5. The average molecular weight is 566 g/mol. The Bertz CT molecular complexity index is 1040. The van der Waals surface area contributed by atoms with E-state index in [0.717, 1.165) is 51.2 Å². The van der Waals surface area contributed by atoms with Crippen LogP contribution in [0.3, 0.4) is 0 Å². The minimum atomic E-state index is -2.82. The lowest BCUT2D eigenvalue weighted by Gasteiger charge is -2.44. The van der Waals surface area contributed by atoms with Gasteiger partial charge >= 0.3 is 0 Å². The summed E-state index contributed by atoms with van der Waals surface area (Å²) in [5, 5.41) is 4.13. The van der Waals surface area contributed by atoms with Crippen molar-refractivity contribution < 1.29 is 22.5 Å². The first kappa shape index (κ1) is 28.4. The molecule has 1 amide bonds. The van der Waals surface area contributed by atoms with Crippen LogP contribution in [0.2, 0.25) is 0 Å². The van der Waals surface area contributed by atoms with Crippen molar-refractivity contribution in [2.45, 2.75) is 119 Å². The van der Waals surface area contributed by atoms with Gasteiger partial charge in [0.25, 0.3) is 5.92 Å². The molecule has 3 heterocycles. The van der Waals surface area contributed by atoms with Crippen molar-refractivity contribution >= 4 is 5.91 Å². The summed E-state index contributed by atoms with van der Waals surface area (Å²) in [6.45, 7) is 5.85. The Kier molecular flexibility index (Phi) is 7.96. The van der Waals surface area contributed by atoms with E-state index in [0.29, 0.717) is 56.5 Å². The van der Waals surface area contributed by atoms with Crippen molar-refractivity contribution in [2.24, 2.45) is 11.8 Å². The minimum Gasteiger partial charge on any atom is -0.343 e. The Balaban J connectivity index is 1.06. The van der Waals surface area contributed by atoms with Gasteiger partial charge < -0.3 is 14.3 Å². The fourth-order valence-electron chi connectivity index (χ4n) is 7.51. The number of halogens is 3. The van der Waals surface area contributed by atoms with Gasteiger partial charge in [-0.3, -0.25) is 9.69 Å². The molecule has 0 aromatic carbocycles. The van der Waals surface area contributed by atoms with Crippen LogP contribution in [-0.2, 0) is 10.2 Å². The molecule has 6 rings (SSSR count). The van der Waals surface area contributed by atoms with Crippen LogP contribution in [0.15, 0.2) is 4.52 Å². The summed E-state index contributed by atoms with van der Waals surface area (Å²) in [5.74, 6) is -2.43. The van der Waals surface area contributed by atoms with Crippen LogP contribution in [0.25, 0.3) is 0 Å². The molecule has 0 bridgehead atoms. The number of piperidine rings is 1. The van der Waals surface area contributed by atoms with Gasteiger partial charge in [-0.2, -0.15) is 4.98 Å². The topological polar surface area (TPSA) is 65.7 Å². The first-order chi connectivity index (χ1) is 19.1.